The third-order valence-electron chi connectivity index (χ3n) is 2.41. The topological polar surface area (TPSA) is 21.3 Å². The van der Waals surface area contributed by atoms with Crippen molar-refractivity contribution in [2.75, 3.05) is 13.1 Å². The molecule has 1 N–H and O–H groups in total. The van der Waals surface area contributed by atoms with Crippen LogP contribution in [0.3, 0.4) is 0 Å². The SMILES string of the molecule is Brc1ccc(COC2CCNC2)cc1.Cl. The second kappa shape index (κ2) is 6.48. The van der Waals surface area contributed by atoms with E-state index in [1.807, 2.05) is 12.1 Å². The van der Waals surface area contributed by atoms with Crippen LogP contribution in [0, 0.1) is 0 Å². The third-order valence-corrected chi connectivity index (χ3v) is 2.94. The van der Waals surface area contributed by atoms with Crippen molar-refractivity contribution in [3.05, 3.63) is 34.3 Å². The van der Waals surface area contributed by atoms with E-state index in [2.05, 4.69) is 33.4 Å². The first-order chi connectivity index (χ1) is 6.84. The van der Waals surface area contributed by atoms with Gasteiger partial charge in [0.25, 0.3) is 0 Å². The number of hydrogen-bond donors (Lipinski definition) is 1. The molecule has 1 heterocycles. The van der Waals surface area contributed by atoms with Gasteiger partial charge in [-0.25, -0.2) is 0 Å². The maximum atomic E-state index is 5.75. The zero-order chi connectivity index (χ0) is 9.80. The fourth-order valence-corrected chi connectivity index (χ4v) is 1.83. The molecule has 4 heteroatoms. The molecule has 1 atom stereocenters. The van der Waals surface area contributed by atoms with Gasteiger partial charge in [0.05, 0.1) is 12.7 Å². The number of rotatable bonds is 3. The van der Waals surface area contributed by atoms with E-state index < -0.39 is 0 Å². The lowest BCUT2D eigenvalue weighted by molar-refractivity contribution is 0.0542. The number of halogens is 2. The lowest BCUT2D eigenvalue weighted by Crippen LogP contribution is -2.16. The van der Waals surface area contributed by atoms with E-state index in [-0.39, 0.29) is 12.4 Å². The van der Waals surface area contributed by atoms with E-state index >= 15 is 0 Å². The fraction of sp³-hybridized carbons (Fsp3) is 0.455. The molecule has 0 saturated carbocycles. The first-order valence-electron chi connectivity index (χ1n) is 4.91. The van der Waals surface area contributed by atoms with Gasteiger partial charge in [0.1, 0.15) is 0 Å². The highest BCUT2D eigenvalue weighted by molar-refractivity contribution is 9.10. The molecule has 2 nitrogen and oxygen atoms in total. The van der Waals surface area contributed by atoms with Gasteiger partial charge in [0, 0.05) is 11.0 Å². The fourth-order valence-electron chi connectivity index (χ4n) is 1.57. The first kappa shape index (κ1) is 13.0. The van der Waals surface area contributed by atoms with Crippen molar-refractivity contribution in [2.45, 2.75) is 19.1 Å². The summed E-state index contributed by atoms with van der Waals surface area (Å²) >= 11 is 3.41. The van der Waals surface area contributed by atoms with E-state index in [9.17, 15) is 0 Å². The first-order valence-corrected chi connectivity index (χ1v) is 5.70. The molecule has 0 radical (unpaired) electrons. The van der Waals surface area contributed by atoms with Gasteiger partial charge in [0.2, 0.25) is 0 Å². The van der Waals surface area contributed by atoms with Gasteiger partial charge in [-0.05, 0) is 30.7 Å². The molecule has 1 unspecified atom stereocenters. The minimum atomic E-state index is 0. The van der Waals surface area contributed by atoms with E-state index in [0.717, 1.165) is 30.6 Å². The normalized spacial score (nSPS) is 19.9. The smallest absolute Gasteiger partial charge is 0.0721 e. The Hall–Kier alpha value is -0.0900. The van der Waals surface area contributed by atoms with Gasteiger partial charge >= 0.3 is 0 Å². The van der Waals surface area contributed by atoms with Gasteiger partial charge in [-0.3, -0.25) is 0 Å². The second-order valence-corrected chi connectivity index (χ2v) is 4.47. The van der Waals surface area contributed by atoms with Crippen molar-refractivity contribution in [3.63, 3.8) is 0 Å². The molecule has 84 valence electrons. The summed E-state index contributed by atoms with van der Waals surface area (Å²) in [5.41, 5.74) is 1.24. The molecule has 1 aromatic rings. The zero-order valence-electron chi connectivity index (χ0n) is 8.41. The Balaban J connectivity index is 0.00000112. The minimum absolute atomic E-state index is 0. The Bertz CT molecular complexity index is 285. The van der Waals surface area contributed by atoms with Crippen LogP contribution in [0.25, 0.3) is 0 Å². The van der Waals surface area contributed by atoms with Crippen LogP contribution < -0.4 is 5.32 Å². The maximum absolute atomic E-state index is 5.75. The van der Waals surface area contributed by atoms with Crippen molar-refractivity contribution in [2.24, 2.45) is 0 Å². The molecule has 1 fully saturated rings. The van der Waals surface area contributed by atoms with Gasteiger partial charge < -0.3 is 10.1 Å². The van der Waals surface area contributed by atoms with Gasteiger partial charge in [0.15, 0.2) is 0 Å². The lowest BCUT2D eigenvalue weighted by atomic mass is 10.2. The molecule has 0 amide bonds. The van der Waals surface area contributed by atoms with Gasteiger partial charge in [-0.1, -0.05) is 28.1 Å². The van der Waals surface area contributed by atoms with E-state index in [1.54, 1.807) is 0 Å². The Morgan fingerprint density at radius 3 is 2.67 bits per heavy atom. The highest BCUT2D eigenvalue weighted by atomic mass is 79.9. The quantitative estimate of drug-likeness (QED) is 0.925. The summed E-state index contributed by atoms with van der Waals surface area (Å²) in [4.78, 5) is 0. The summed E-state index contributed by atoms with van der Waals surface area (Å²) in [6, 6.07) is 8.27. The van der Waals surface area contributed by atoms with Crippen LogP contribution in [0.15, 0.2) is 28.7 Å². The molecule has 0 aromatic heterocycles. The van der Waals surface area contributed by atoms with Crippen molar-refractivity contribution in [1.82, 2.24) is 5.32 Å². The molecule has 1 aromatic carbocycles. The number of benzene rings is 1. The molecule has 1 aliphatic heterocycles. The minimum Gasteiger partial charge on any atom is -0.372 e. The molecule has 0 aliphatic carbocycles. The average molecular weight is 293 g/mol. The van der Waals surface area contributed by atoms with E-state index in [0.29, 0.717) is 6.10 Å². The monoisotopic (exact) mass is 291 g/mol. The number of ether oxygens (including phenoxy) is 1. The number of hydrogen-bond acceptors (Lipinski definition) is 2. The number of nitrogens with one attached hydrogen (secondary N) is 1. The Kier molecular flexibility index (Phi) is 5.61. The van der Waals surface area contributed by atoms with Crippen molar-refractivity contribution < 1.29 is 4.74 Å². The summed E-state index contributed by atoms with van der Waals surface area (Å²) in [5, 5.41) is 3.29. The van der Waals surface area contributed by atoms with Crippen LogP contribution >= 0.6 is 28.3 Å². The van der Waals surface area contributed by atoms with Crippen LogP contribution in [-0.4, -0.2) is 19.2 Å². The van der Waals surface area contributed by atoms with Crippen molar-refractivity contribution >= 4 is 28.3 Å². The standard InChI is InChI=1S/C11H14BrNO.ClH/c12-10-3-1-9(2-4-10)8-14-11-5-6-13-7-11;/h1-4,11,13H,5-8H2;1H. The molecule has 0 spiro atoms. The average Bonchev–Trinajstić information content (AvgIpc) is 2.70. The van der Waals surface area contributed by atoms with Crippen LogP contribution in [0.4, 0.5) is 0 Å². The third kappa shape index (κ3) is 4.11. The van der Waals surface area contributed by atoms with Gasteiger partial charge in [-0.15, -0.1) is 12.4 Å². The van der Waals surface area contributed by atoms with Crippen molar-refractivity contribution in [1.29, 1.82) is 0 Å². The summed E-state index contributed by atoms with van der Waals surface area (Å²) < 4.78 is 6.87. The Labute approximate surface area is 105 Å². The molecular weight excluding hydrogens is 277 g/mol. The predicted octanol–water partition coefficient (Wildman–Crippen LogP) is 2.75. The maximum Gasteiger partial charge on any atom is 0.0721 e. The highest BCUT2D eigenvalue weighted by Crippen LogP contribution is 2.13. The second-order valence-electron chi connectivity index (χ2n) is 3.55. The Morgan fingerprint density at radius 2 is 2.07 bits per heavy atom. The van der Waals surface area contributed by atoms with Crippen LogP contribution in [0.5, 0.6) is 0 Å². The zero-order valence-corrected chi connectivity index (χ0v) is 10.8. The lowest BCUT2D eigenvalue weighted by Gasteiger charge is -2.10. The molecule has 15 heavy (non-hydrogen) atoms. The van der Waals surface area contributed by atoms with Gasteiger partial charge in [-0.2, -0.15) is 0 Å². The molecule has 0 bridgehead atoms. The summed E-state index contributed by atoms with van der Waals surface area (Å²) in [6.07, 6.45) is 1.54. The predicted molar refractivity (Wildman–Crippen MR) is 67.5 cm³/mol. The molecule has 1 saturated heterocycles. The Morgan fingerprint density at radius 1 is 1.33 bits per heavy atom. The summed E-state index contributed by atoms with van der Waals surface area (Å²) in [5.74, 6) is 0. The van der Waals surface area contributed by atoms with Crippen LogP contribution in [0.1, 0.15) is 12.0 Å². The molecule has 1 aliphatic rings. The van der Waals surface area contributed by atoms with E-state index in [4.69, 9.17) is 4.74 Å². The summed E-state index contributed by atoms with van der Waals surface area (Å²) in [7, 11) is 0. The van der Waals surface area contributed by atoms with Crippen molar-refractivity contribution in [3.8, 4) is 0 Å². The van der Waals surface area contributed by atoms with Crippen LogP contribution in [0.2, 0.25) is 0 Å². The molecule has 2 rings (SSSR count). The van der Waals surface area contributed by atoms with E-state index in [1.165, 1.54) is 5.56 Å². The summed E-state index contributed by atoms with van der Waals surface area (Å²) in [6.45, 7) is 2.81. The largest absolute Gasteiger partial charge is 0.372 e. The van der Waals surface area contributed by atoms with Crippen LogP contribution in [-0.2, 0) is 11.3 Å². The highest BCUT2D eigenvalue weighted by Gasteiger charge is 2.14. The molecular formula is C11H15BrClNO.